The van der Waals surface area contributed by atoms with Gasteiger partial charge in [0.2, 0.25) is 0 Å². The topological polar surface area (TPSA) is 20.3 Å². The molecule has 0 fully saturated rings. The Bertz CT molecular complexity index is 464. The fourth-order valence-corrected chi connectivity index (χ4v) is 2.72. The summed E-state index contributed by atoms with van der Waals surface area (Å²) in [5.41, 5.74) is 3.69. The van der Waals surface area contributed by atoms with Crippen molar-refractivity contribution >= 4 is 5.78 Å². The zero-order valence-electron chi connectivity index (χ0n) is 12.6. The van der Waals surface area contributed by atoms with Crippen LogP contribution in [0, 0.1) is 5.92 Å². The van der Waals surface area contributed by atoms with Gasteiger partial charge in [-0.1, -0.05) is 26.0 Å². The maximum Gasteiger partial charge on any atom is 0.176 e. The van der Waals surface area contributed by atoms with Crippen LogP contribution in [0.25, 0.3) is 0 Å². The van der Waals surface area contributed by atoms with Crippen LogP contribution in [0.15, 0.2) is 18.2 Å². The zero-order chi connectivity index (χ0) is 14.0. The van der Waals surface area contributed by atoms with Gasteiger partial charge < -0.3 is 0 Å². The Kier molecular flexibility index (Phi) is 4.41. The van der Waals surface area contributed by atoms with Crippen molar-refractivity contribution in [1.82, 2.24) is 4.90 Å². The largest absolute Gasteiger partial charge is 0.296 e. The van der Waals surface area contributed by atoms with Crippen LogP contribution < -0.4 is 0 Å². The molecule has 1 aliphatic rings. The van der Waals surface area contributed by atoms with Gasteiger partial charge in [-0.15, -0.1) is 0 Å². The van der Waals surface area contributed by atoms with Crippen molar-refractivity contribution in [2.75, 3.05) is 13.6 Å². The van der Waals surface area contributed by atoms with E-state index in [2.05, 4.69) is 37.8 Å². The Balaban J connectivity index is 2.04. The molecule has 0 radical (unpaired) electrons. The molecule has 2 rings (SSSR count). The maximum atomic E-state index is 12.3. The number of ketones is 1. The highest BCUT2D eigenvalue weighted by molar-refractivity contribution is 5.97. The molecular weight excluding hydrogens is 234 g/mol. The molecule has 0 bridgehead atoms. The number of carbonyl (C=O) groups excluding carboxylic acids is 1. The van der Waals surface area contributed by atoms with Crippen molar-refractivity contribution in [2.24, 2.45) is 5.92 Å². The molecule has 0 spiro atoms. The van der Waals surface area contributed by atoms with Crippen molar-refractivity contribution in [1.29, 1.82) is 0 Å². The summed E-state index contributed by atoms with van der Waals surface area (Å²) in [5.74, 6) is 0.808. The average molecular weight is 259 g/mol. The second-order valence-corrected chi connectivity index (χ2v) is 6.16. The summed E-state index contributed by atoms with van der Waals surface area (Å²) in [6.07, 6.45) is 3.54. The number of likely N-dealkylation sites (N-methyl/N-ethyl adjacent to an activating group) is 1. The molecule has 2 nitrogen and oxygen atoms in total. The maximum absolute atomic E-state index is 12.3. The normalized spacial score (nSPS) is 15.9. The summed E-state index contributed by atoms with van der Waals surface area (Å²) in [4.78, 5) is 14.5. The zero-order valence-corrected chi connectivity index (χ0v) is 12.6. The fraction of sp³-hybridized carbons (Fsp3) is 0.588. The van der Waals surface area contributed by atoms with E-state index >= 15 is 0 Å². The molecule has 0 aliphatic heterocycles. The lowest BCUT2D eigenvalue weighted by atomic mass is 10.0. The third-order valence-electron chi connectivity index (χ3n) is 4.47. The van der Waals surface area contributed by atoms with E-state index in [1.165, 1.54) is 24.0 Å². The van der Waals surface area contributed by atoms with Crippen LogP contribution in [-0.2, 0) is 12.8 Å². The number of rotatable bonds is 5. The van der Waals surface area contributed by atoms with Gasteiger partial charge in [0.1, 0.15) is 0 Å². The quantitative estimate of drug-likeness (QED) is 0.756. The highest BCUT2D eigenvalue weighted by atomic mass is 16.1. The van der Waals surface area contributed by atoms with Gasteiger partial charge in [-0.05, 0) is 56.3 Å². The Morgan fingerprint density at radius 3 is 2.58 bits per heavy atom. The summed E-state index contributed by atoms with van der Waals surface area (Å²) < 4.78 is 0. The first-order chi connectivity index (χ1) is 8.99. The summed E-state index contributed by atoms with van der Waals surface area (Å²) in [7, 11) is 2.04. The standard InChI is InChI=1S/C17H25NO/c1-12(2)13(3)18(4)11-17(19)16-9-8-14-6-5-7-15(14)10-16/h8-10,12-13H,5-7,11H2,1-4H3. The Morgan fingerprint density at radius 1 is 1.21 bits per heavy atom. The van der Waals surface area contributed by atoms with Gasteiger partial charge in [0, 0.05) is 11.6 Å². The van der Waals surface area contributed by atoms with Crippen molar-refractivity contribution < 1.29 is 4.79 Å². The molecule has 1 unspecified atom stereocenters. The van der Waals surface area contributed by atoms with Crippen LogP contribution in [0.1, 0.15) is 48.7 Å². The van der Waals surface area contributed by atoms with Crippen LogP contribution in [0.2, 0.25) is 0 Å². The van der Waals surface area contributed by atoms with Crippen molar-refractivity contribution in [3.63, 3.8) is 0 Å². The molecule has 1 aromatic carbocycles. The smallest absolute Gasteiger partial charge is 0.176 e. The average Bonchev–Trinajstić information content (AvgIpc) is 2.84. The predicted molar refractivity (Wildman–Crippen MR) is 79.7 cm³/mol. The van der Waals surface area contributed by atoms with Gasteiger partial charge in [0.05, 0.1) is 6.54 Å². The monoisotopic (exact) mass is 259 g/mol. The number of hydrogen-bond acceptors (Lipinski definition) is 2. The molecule has 104 valence electrons. The fourth-order valence-electron chi connectivity index (χ4n) is 2.72. The summed E-state index contributed by atoms with van der Waals surface area (Å²) in [5, 5.41) is 0. The van der Waals surface area contributed by atoms with Crippen LogP contribution in [0.3, 0.4) is 0 Å². The summed E-state index contributed by atoms with van der Waals surface area (Å²) in [6.45, 7) is 7.08. The molecule has 1 atom stereocenters. The number of Topliss-reactive ketones (excluding diaryl/α,β-unsaturated/α-hetero) is 1. The lowest BCUT2D eigenvalue weighted by Crippen LogP contribution is -2.37. The minimum Gasteiger partial charge on any atom is -0.296 e. The number of carbonyl (C=O) groups is 1. The van der Waals surface area contributed by atoms with Crippen molar-refractivity contribution in [3.8, 4) is 0 Å². The van der Waals surface area contributed by atoms with Crippen molar-refractivity contribution in [2.45, 2.75) is 46.1 Å². The van der Waals surface area contributed by atoms with E-state index in [9.17, 15) is 4.79 Å². The second-order valence-electron chi connectivity index (χ2n) is 6.16. The van der Waals surface area contributed by atoms with E-state index in [-0.39, 0.29) is 5.78 Å². The van der Waals surface area contributed by atoms with Crippen LogP contribution in [-0.4, -0.2) is 30.3 Å². The van der Waals surface area contributed by atoms with E-state index in [0.29, 0.717) is 18.5 Å². The third kappa shape index (κ3) is 3.24. The molecule has 0 heterocycles. The van der Waals surface area contributed by atoms with E-state index in [4.69, 9.17) is 0 Å². The SMILES string of the molecule is CC(C)C(C)N(C)CC(=O)c1ccc2c(c1)CCC2. The van der Waals surface area contributed by atoms with Gasteiger partial charge >= 0.3 is 0 Å². The summed E-state index contributed by atoms with van der Waals surface area (Å²) >= 11 is 0. The van der Waals surface area contributed by atoms with Crippen LogP contribution in [0.4, 0.5) is 0 Å². The molecule has 0 aromatic heterocycles. The molecular formula is C17H25NO. The molecule has 1 aromatic rings. The van der Waals surface area contributed by atoms with E-state index in [1.54, 1.807) is 0 Å². The minimum atomic E-state index is 0.240. The van der Waals surface area contributed by atoms with Crippen molar-refractivity contribution in [3.05, 3.63) is 34.9 Å². The Labute approximate surface area is 116 Å². The van der Waals surface area contributed by atoms with Gasteiger partial charge in [-0.3, -0.25) is 9.69 Å². The number of aryl methyl sites for hydroxylation is 2. The lowest BCUT2D eigenvalue weighted by molar-refractivity contribution is 0.0906. The van der Waals surface area contributed by atoms with Gasteiger partial charge in [-0.2, -0.15) is 0 Å². The molecule has 1 aliphatic carbocycles. The van der Waals surface area contributed by atoms with Crippen LogP contribution in [0.5, 0.6) is 0 Å². The first-order valence-corrected chi connectivity index (χ1v) is 7.34. The van der Waals surface area contributed by atoms with E-state index < -0.39 is 0 Å². The number of nitrogens with zero attached hydrogens (tertiary/aromatic N) is 1. The van der Waals surface area contributed by atoms with Gasteiger partial charge in [0.15, 0.2) is 5.78 Å². The first kappa shape index (κ1) is 14.3. The second kappa shape index (κ2) is 5.87. The number of benzene rings is 1. The molecule has 0 amide bonds. The highest BCUT2D eigenvalue weighted by Gasteiger charge is 2.18. The predicted octanol–water partition coefficient (Wildman–Crippen LogP) is 3.33. The summed E-state index contributed by atoms with van der Waals surface area (Å²) in [6, 6.07) is 6.68. The third-order valence-corrected chi connectivity index (χ3v) is 4.47. The molecule has 0 N–H and O–H groups in total. The number of fused-ring (bicyclic) bond motifs is 1. The van der Waals surface area contributed by atoms with E-state index in [1.807, 2.05) is 13.1 Å². The Hall–Kier alpha value is -1.15. The minimum absolute atomic E-state index is 0.240. The highest BCUT2D eigenvalue weighted by Crippen LogP contribution is 2.23. The molecule has 19 heavy (non-hydrogen) atoms. The first-order valence-electron chi connectivity index (χ1n) is 7.34. The molecule has 0 saturated heterocycles. The molecule has 0 saturated carbocycles. The van der Waals surface area contributed by atoms with Gasteiger partial charge in [0.25, 0.3) is 0 Å². The van der Waals surface area contributed by atoms with Crippen LogP contribution >= 0.6 is 0 Å². The lowest BCUT2D eigenvalue weighted by Gasteiger charge is -2.27. The Morgan fingerprint density at radius 2 is 1.89 bits per heavy atom. The van der Waals surface area contributed by atoms with E-state index in [0.717, 1.165) is 12.0 Å². The number of hydrogen-bond donors (Lipinski definition) is 0. The van der Waals surface area contributed by atoms with Gasteiger partial charge in [-0.25, -0.2) is 0 Å². The molecule has 2 heteroatoms.